The van der Waals surface area contributed by atoms with Gasteiger partial charge in [-0.3, -0.25) is 14.2 Å². The summed E-state index contributed by atoms with van der Waals surface area (Å²) in [5.41, 5.74) is 0. The van der Waals surface area contributed by atoms with E-state index < -0.39 is 32.5 Å². The van der Waals surface area contributed by atoms with Crippen LogP contribution in [0, 0.1) is 0 Å². The Hall–Kier alpha value is -3.07. The van der Waals surface area contributed by atoms with Gasteiger partial charge < -0.3 is 27.9 Å². The van der Waals surface area contributed by atoms with Gasteiger partial charge in [0, 0.05) is 12.8 Å². The fraction of sp³-hybridized carbons (Fsp3) is 0.690. The van der Waals surface area contributed by atoms with Crippen LogP contribution in [-0.2, 0) is 32.7 Å². The van der Waals surface area contributed by atoms with Crippen molar-refractivity contribution in [2.45, 2.75) is 213 Å². The summed E-state index contributed by atoms with van der Waals surface area (Å²) < 4.78 is 34.0. The maximum atomic E-state index is 12.7. The van der Waals surface area contributed by atoms with Crippen LogP contribution < -0.4 is 4.89 Å². The molecule has 0 fully saturated rings. The molecule has 0 aliphatic rings. The molecule has 0 aliphatic heterocycles. The molecule has 9 nitrogen and oxygen atoms in total. The Balaban J connectivity index is 4.35. The minimum Gasteiger partial charge on any atom is -0.756 e. The molecule has 0 aromatic heterocycles. The van der Waals surface area contributed by atoms with Crippen LogP contribution in [0.3, 0.4) is 0 Å². The Bertz CT molecular complexity index is 1470. The topological polar surface area (TPSA) is 111 Å². The number of ether oxygens (including phenoxy) is 2. The summed E-state index contributed by atoms with van der Waals surface area (Å²) in [5.74, 6) is -0.910. The molecule has 2 unspecified atom stereocenters. The Morgan fingerprint density at radius 2 is 0.853 bits per heavy atom. The summed E-state index contributed by atoms with van der Waals surface area (Å²) >= 11 is 0. The number of esters is 2. The van der Waals surface area contributed by atoms with E-state index >= 15 is 0 Å². The molecule has 10 heteroatoms. The Morgan fingerprint density at radius 1 is 0.471 bits per heavy atom. The average Bonchev–Trinajstić information content (AvgIpc) is 3.30. The molecule has 0 amide bonds. The molecule has 0 saturated heterocycles. The first-order chi connectivity index (χ1) is 33.0. The predicted octanol–water partition coefficient (Wildman–Crippen LogP) is 15.8. The second-order valence-corrected chi connectivity index (χ2v) is 20.3. The van der Waals surface area contributed by atoms with E-state index in [1.54, 1.807) is 0 Å². The number of hydrogen-bond donors (Lipinski definition) is 0. The van der Waals surface area contributed by atoms with Gasteiger partial charge >= 0.3 is 11.9 Å². The highest BCUT2D eigenvalue weighted by molar-refractivity contribution is 7.45. The van der Waals surface area contributed by atoms with Gasteiger partial charge in [-0.1, -0.05) is 201 Å². The lowest BCUT2D eigenvalue weighted by molar-refractivity contribution is -0.870. The SMILES string of the molecule is CC/C=C\C/C=C\C/C=C\C/C=C\C/C=C\C/C=C\C/C=C\CCCC(=O)OC(COC(=O)CCCCCCCCCCC/C=C\CCCCCCCCCC)COP(=O)([O-])OCC[N+](C)(C)C. The zero-order valence-electron chi connectivity index (χ0n) is 44.0. The molecule has 0 spiro atoms. The number of likely N-dealkylation sites (N-methyl/N-ethyl adjacent to an activating group) is 1. The number of carbonyl (C=O) groups excluding carboxylic acids is 2. The highest BCUT2D eigenvalue weighted by atomic mass is 31.2. The minimum absolute atomic E-state index is 0.0470. The molecule has 2 atom stereocenters. The van der Waals surface area contributed by atoms with Crippen molar-refractivity contribution < 1.29 is 42.1 Å². The first kappa shape index (κ1) is 64.9. The van der Waals surface area contributed by atoms with E-state index in [2.05, 4.69) is 105 Å². The lowest BCUT2D eigenvalue weighted by atomic mass is 10.1. The third-order valence-corrected chi connectivity index (χ3v) is 12.1. The summed E-state index contributed by atoms with van der Waals surface area (Å²) in [7, 11) is 1.12. The summed E-state index contributed by atoms with van der Waals surface area (Å²) in [6, 6.07) is 0. The number of carbonyl (C=O) groups is 2. The van der Waals surface area contributed by atoms with Gasteiger partial charge in [0.1, 0.15) is 19.8 Å². The minimum atomic E-state index is -4.66. The molecule has 0 aliphatic carbocycles. The number of quaternary nitrogens is 1. The molecule has 0 bridgehead atoms. The molecule has 0 aromatic carbocycles. The largest absolute Gasteiger partial charge is 0.756 e. The fourth-order valence-corrected chi connectivity index (χ4v) is 7.66. The van der Waals surface area contributed by atoms with E-state index in [4.69, 9.17) is 18.5 Å². The van der Waals surface area contributed by atoms with Crippen LogP contribution >= 0.6 is 7.82 Å². The number of phosphoric ester groups is 1. The van der Waals surface area contributed by atoms with Crippen molar-refractivity contribution in [2.75, 3.05) is 47.5 Å². The lowest BCUT2D eigenvalue weighted by Crippen LogP contribution is -2.37. The van der Waals surface area contributed by atoms with Crippen LogP contribution in [-0.4, -0.2) is 70.0 Å². The van der Waals surface area contributed by atoms with Crippen molar-refractivity contribution >= 4 is 19.8 Å². The van der Waals surface area contributed by atoms with Gasteiger partial charge in [0.15, 0.2) is 6.10 Å². The van der Waals surface area contributed by atoms with Gasteiger partial charge in [0.05, 0.1) is 27.7 Å². The molecular weight excluding hydrogens is 870 g/mol. The lowest BCUT2D eigenvalue weighted by Gasteiger charge is -2.28. The van der Waals surface area contributed by atoms with E-state index in [9.17, 15) is 19.0 Å². The highest BCUT2D eigenvalue weighted by Gasteiger charge is 2.21. The zero-order chi connectivity index (χ0) is 49.9. The molecule has 0 rings (SSSR count). The second-order valence-electron chi connectivity index (χ2n) is 18.9. The quantitative estimate of drug-likeness (QED) is 0.0195. The van der Waals surface area contributed by atoms with Crippen molar-refractivity contribution in [2.24, 2.45) is 0 Å². The first-order valence-corrected chi connectivity index (χ1v) is 28.4. The van der Waals surface area contributed by atoms with Crippen LogP contribution in [0.4, 0.5) is 0 Å². The van der Waals surface area contributed by atoms with Gasteiger partial charge in [0.2, 0.25) is 0 Å². The monoisotopic (exact) mass is 970 g/mol. The van der Waals surface area contributed by atoms with Crippen molar-refractivity contribution in [1.29, 1.82) is 0 Å². The van der Waals surface area contributed by atoms with Crippen LogP contribution in [0.5, 0.6) is 0 Å². The highest BCUT2D eigenvalue weighted by Crippen LogP contribution is 2.38. The van der Waals surface area contributed by atoms with E-state index in [1.807, 2.05) is 27.2 Å². The van der Waals surface area contributed by atoms with Gasteiger partial charge in [-0.05, 0) is 89.9 Å². The predicted molar refractivity (Wildman–Crippen MR) is 286 cm³/mol. The summed E-state index contributed by atoms with van der Waals surface area (Å²) in [4.78, 5) is 37.8. The third kappa shape index (κ3) is 52.3. The molecular formula is C58H100NO8P. The van der Waals surface area contributed by atoms with Crippen LogP contribution in [0.25, 0.3) is 0 Å². The van der Waals surface area contributed by atoms with Crippen LogP contribution in [0.1, 0.15) is 206 Å². The Morgan fingerprint density at radius 3 is 1.31 bits per heavy atom. The van der Waals surface area contributed by atoms with Crippen molar-refractivity contribution in [3.05, 3.63) is 97.2 Å². The molecule has 0 radical (unpaired) electrons. The van der Waals surface area contributed by atoms with E-state index in [0.717, 1.165) is 64.2 Å². The number of nitrogens with zero attached hydrogens (tertiary/aromatic N) is 1. The summed E-state index contributed by atoms with van der Waals surface area (Å²) in [6.45, 7) is 4.05. The third-order valence-electron chi connectivity index (χ3n) is 11.1. The number of rotatable bonds is 48. The summed E-state index contributed by atoms with van der Waals surface area (Å²) in [6.07, 6.45) is 65.9. The van der Waals surface area contributed by atoms with Crippen molar-refractivity contribution in [1.82, 2.24) is 0 Å². The van der Waals surface area contributed by atoms with E-state index in [0.29, 0.717) is 30.3 Å². The molecule has 0 aromatic rings. The molecule has 0 saturated carbocycles. The standard InChI is InChI=1S/C58H100NO8P/c1-6-8-10-12-14-16-18-20-22-24-26-28-29-31-33-35-37-39-41-43-45-47-49-51-58(61)67-56(55-66-68(62,63)65-53-52-59(3,4)5)54-64-57(60)50-48-46-44-42-40-38-36-34-32-30-27-25-23-21-19-17-15-13-11-9-7-2/h8,10,14,16,20,22,25-28,31,33,37,39,43,45,56H,6-7,9,11-13,15,17-19,21,23-24,29-30,32,34-36,38,40-42,44,46-55H2,1-5H3/b10-8-,16-14-,22-20-,27-25-,28-26-,33-31-,39-37-,45-43-. The van der Waals surface area contributed by atoms with E-state index in [-0.39, 0.29) is 26.1 Å². The normalized spacial score (nSPS) is 14.1. The molecule has 68 heavy (non-hydrogen) atoms. The smallest absolute Gasteiger partial charge is 0.306 e. The maximum absolute atomic E-state index is 12.7. The molecule has 0 N–H and O–H groups in total. The van der Waals surface area contributed by atoms with Gasteiger partial charge in [-0.25, -0.2) is 0 Å². The number of unbranched alkanes of at least 4 members (excludes halogenated alkanes) is 18. The average molecular weight is 970 g/mol. The van der Waals surface area contributed by atoms with Crippen molar-refractivity contribution in [3.63, 3.8) is 0 Å². The van der Waals surface area contributed by atoms with E-state index in [1.165, 1.54) is 96.3 Å². The van der Waals surface area contributed by atoms with Crippen LogP contribution in [0.2, 0.25) is 0 Å². The Labute approximate surface area is 417 Å². The maximum Gasteiger partial charge on any atom is 0.306 e. The number of hydrogen-bond acceptors (Lipinski definition) is 8. The van der Waals surface area contributed by atoms with Gasteiger partial charge in [-0.2, -0.15) is 0 Å². The molecule has 0 heterocycles. The summed E-state index contributed by atoms with van der Waals surface area (Å²) in [5, 5.41) is 0. The Kier molecular flexibility index (Phi) is 46.7. The van der Waals surface area contributed by atoms with Gasteiger partial charge in [-0.15, -0.1) is 0 Å². The first-order valence-electron chi connectivity index (χ1n) is 26.9. The molecule has 390 valence electrons. The van der Waals surface area contributed by atoms with Crippen LogP contribution in [0.15, 0.2) is 97.2 Å². The second kappa shape index (κ2) is 48.9. The number of phosphoric acid groups is 1. The zero-order valence-corrected chi connectivity index (χ0v) is 44.9. The number of allylic oxidation sites excluding steroid dienone is 16. The fourth-order valence-electron chi connectivity index (χ4n) is 6.93. The van der Waals surface area contributed by atoms with Gasteiger partial charge in [0.25, 0.3) is 7.82 Å². The van der Waals surface area contributed by atoms with Crippen molar-refractivity contribution in [3.8, 4) is 0 Å².